The molecule has 0 spiro atoms. The molecule has 1 fully saturated rings. The maximum absolute atomic E-state index is 12.3. The second kappa shape index (κ2) is 6.56. The molecule has 0 aromatic heterocycles. The van der Waals surface area contributed by atoms with Crippen molar-refractivity contribution in [2.45, 2.75) is 43.6 Å². The molecule has 1 aliphatic rings. The molecule has 21 heavy (non-hydrogen) atoms. The zero-order valence-electron chi connectivity index (χ0n) is 12.0. The third-order valence-electron chi connectivity index (χ3n) is 4.03. The van der Waals surface area contributed by atoms with Crippen LogP contribution < -0.4 is 4.72 Å². The Balaban J connectivity index is 2.08. The van der Waals surface area contributed by atoms with E-state index in [1.54, 1.807) is 6.92 Å². The van der Waals surface area contributed by atoms with Crippen LogP contribution in [0.2, 0.25) is 0 Å². The Hall–Kier alpha value is -1.42. The molecule has 1 aromatic carbocycles. The van der Waals surface area contributed by atoms with E-state index in [2.05, 4.69) is 4.72 Å². The van der Waals surface area contributed by atoms with E-state index in [1.165, 1.54) is 18.2 Å². The van der Waals surface area contributed by atoms with Crippen LogP contribution in [0.1, 0.15) is 36.8 Å². The summed E-state index contributed by atoms with van der Waals surface area (Å²) in [5.74, 6) is -0.0204. The Bertz CT molecular complexity index is 649. The van der Waals surface area contributed by atoms with Crippen molar-refractivity contribution in [3.63, 3.8) is 0 Å². The largest absolute Gasteiger partial charge is 0.393 e. The van der Waals surface area contributed by atoms with Gasteiger partial charge in [0.05, 0.1) is 22.6 Å². The number of aliphatic hydroxyl groups is 1. The number of rotatable bonds is 4. The van der Waals surface area contributed by atoms with Crippen molar-refractivity contribution in [1.29, 1.82) is 5.26 Å². The fourth-order valence-corrected chi connectivity index (χ4v) is 3.83. The molecule has 6 heteroatoms. The SMILES string of the molecule is Cc1cc(S(=O)(=O)NCC2CCCCC2O)ccc1C#N. The quantitative estimate of drug-likeness (QED) is 0.885. The number of hydrogen-bond acceptors (Lipinski definition) is 4. The van der Waals surface area contributed by atoms with Gasteiger partial charge in [0.1, 0.15) is 0 Å². The van der Waals surface area contributed by atoms with E-state index in [9.17, 15) is 13.5 Å². The lowest BCUT2D eigenvalue weighted by atomic mass is 9.87. The maximum Gasteiger partial charge on any atom is 0.240 e. The van der Waals surface area contributed by atoms with E-state index in [0.29, 0.717) is 11.1 Å². The lowest BCUT2D eigenvalue weighted by Crippen LogP contribution is -2.36. The minimum absolute atomic E-state index is 0.0204. The first-order valence-corrected chi connectivity index (χ1v) is 8.61. The molecule has 0 radical (unpaired) electrons. The molecule has 0 aliphatic heterocycles. The molecule has 0 heterocycles. The van der Waals surface area contributed by atoms with Crippen molar-refractivity contribution in [3.8, 4) is 6.07 Å². The Morgan fingerprint density at radius 3 is 2.71 bits per heavy atom. The molecule has 114 valence electrons. The highest BCUT2D eigenvalue weighted by molar-refractivity contribution is 7.89. The fourth-order valence-electron chi connectivity index (χ4n) is 2.66. The van der Waals surface area contributed by atoms with E-state index in [4.69, 9.17) is 5.26 Å². The minimum Gasteiger partial charge on any atom is -0.393 e. The van der Waals surface area contributed by atoms with Crippen molar-refractivity contribution >= 4 is 10.0 Å². The predicted molar refractivity (Wildman–Crippen MR) is 79.0 cm³/mol. The van der Waals surface area contributed by atoms with Crippen molar-refractivity contribution in [1.82, 2.24) is 4.72 Å². The highest BCUT2D eigenvalue weighted by Crippen LogP contribution is 2.24. The monoisotopic (exact) mass is 308 g/mol. The number of benzene rings is 1. The van der Waals surface area contributed by atoms with E-state index >= 15 is 0 Å². The number of hydrogen-bond donors (Lipinski definition) is 2. The smallest absolute Gasteiger partial charge is 0.240 e. The van der Waals surface area contributed by atoms with Gasteiger partial charge in [0.25, 0.3) is 0 Å². The van der Waals surface area contributed by atoms with Crippen LogP contribution in [0, 0.1) is 24.2 Å². The summed E-state index contributed by atoms with van der Waals surface area (Å²) in [6.45, 7) is 1.96. The predicted octanol–water partition coefficient (Wildman–Crippen LogP) is 1.70. The molecule has 2 atom stereocenters. The number of nitrogens with one attached hydrogen (secondary N) is 1. The Morgan fingerprint density at radius 1 is 1.38 bits per heavy atom. The van der Waals surface area contributed by atoms with Gasteiger partial charge in [0, 0.05) is 6.54 Å². The zero-order chi connectivity index (χ0) is 15.5. The molecule has 1 aromatic rings. The van der Waals surface area contributed by atoms with Crippen LogP contribution >= 0.6 is 0 Å². The first-order chi connectivity index (χ1) is 9.94. The summed E-state index contributed by atoms with van der Waals surface area (Å²) in [6, 6.07) is 6.46. The highest BCUT2D eigenvalue weighted by atomic mass is 32.2. The highest BCUT2D eigenvalue weighted by Gasteiger charge is 2.25. The lowest BCUT2D eigenvalue weighted by Gasteiger charge is -2.27. The topological polar surface area (TPSA) is 90.2 Å². The average Bonchev–Trinajstić information content (AvgIpc) is 2.46. The summed E-state index contributed by atoms with van der Waals surface area (Å²) < 4.78 is 27.1. The molecule has 5 nitrogen and oxygen atoms in total. The minimum atomic E-state index is -3.60. The van der Waals surface area contributed by atoms with Gasteiger partial charge in [-0.25, -0.2) is 13.1 Å². The molecule has 0 saturated heterocycles. The summed E-state index contributed by atoms with van der Waals surface area (Å²) in [6.07, 6.45) is 3.18. The second-order valence-corrected chi connectivity index (χ2v) is 7.32. The van der Waals surface area contributed by atoms with Crippen molar-refractivity contribution in [3.05, 3.63) is 29.3 Å². The van der Waals surface area contributed by atoms with Gasteiger partial charge in [-0.1, -0.05) is 12.8 Å². The van der Waals surface area contributed by atoms with Gasteiger partial charge in [-0.05, 0) is 49.4 Å². The van der Waals surface area contributed by atoms with Gasteiger partial charge in [-0.2, -0.15) is 5.26 Å². The Kier molecular flexibility index (Phi) is 4.99. The lowest BCUT2D eigenvalue weighted by molar-refractivity contribution is 0.0724. The van der Waals surface area contributed by atoms with Crippen LogP contribution in [0.15, 0.2) is 23.1 Å². The van der Waals surface area contributed by atoms with Gasteiger partial charge in [-0.15, -0.1) is 0 Å². The van der Waals surface area contributed by atoms with E-state index < -0.39 is 16.1 Å². The zero-order valence-corrected chi connectivity index (χ0v) is 12.9. The summed E-state index contributed by atoms with van der Waals surface area (Å²) >= 11 is 0. The van der Waals surface area contributed by atoms with E-state index in [-0.39, 0.29) is 17.4 Å². The van der Waals surface area contributed by atoms with Crippen LogP contribution in [-0.2, 0) is 10.0 Å². The van der Waals surface area contributed by atoms with Crippen LogP contribution in [0.25, 0.3) is 0 Å². The van der Waals surface area contributed by atoms with Crippen molar-refractivity contribution < 1.29 is 13.5 Å². The third kappa shape index (κ3) is 3.82. The van der Waals surface area contributed by atoms with Gasteiger partial charge in [0.2, 0.25) is 10.0 Å². The molecule has 1 aliphatic carbocycles. The van der Waals surface area contributed by atoms with Gasteiger partial charge in [-0.3, -0.25) is 0 Å². The summed E-state index contributed by atoms with van der Waals surface area (Å²) in [4.78, 5) is 0.157. The first kappa shape index (κ1) is 16.0. The van der Waals surface area contributed by atoms with Gasteiger partial charge in [0.15, 0.2) is 0 Å². The van der Waals surface area contributed by atoms with Crippen LogP contribution in [-0.4, -0.2) is 26.2 Å². The molecule has 0 bridgehead atoms. The average molecular weight is 308 g/mol. The van der Waals surface area contributed by atoms with Crippen LogP contribution in [0.3, 0.4) is 0 Å². The van der Waals surface area contributed by atoms with Crippen molar-refractivity contribution in [2.75, 3.05) is 6.54 Å². The molecule has 2 rings (SSSR count). The number of nitriles is 1. The maximum atomic E-state index is 12.3. The van der Waals surface area contributed by atoms with Crippen molar-refractivity contribution in [2.24, 2.45) is 5.92 Å². The van der Waals surface area contributed by atoms with E-state index in [0.717, 1.165) is 25.7 Å². The molecule has 1 saturated carbocycles. The summed E-state index contributed by atoms with van der Waals surface area (Å²) in [7, 11) is -3.60. The second-order valence-electron chi connectivity index (χ2n) is 5.55. The first-order valence-electron chi connectivity index (χ1n) is 7.12. The summed E-state index contributed by atoms with van der Waals surface area (Å²) in [5, 5.41) is 18.7. The van der Waals surface area contributed by atoms with E-state index in [1.807, 2.05) is 6.07 Å². The Labute approximate surface area is 125 Å². The summed E-state index contributed by atoms with van der Waals surface area (Å²) in [5.41, 5.74) is 1.11. The normalized spacial score (nSPS) is 22.7. The molecular weight excluding hydrogens is 288 g/mol. The third-order valence-corrected chi connectivity index (χ3v) is 5.45. The molecule has 0 amide bonds. The number of aliphatic hydroxyl groups excluding tert-OH is 1. The van der Waals surface area contributed by atoms with Gasteiger partial charge >= 0.3 is 0 Å². The molecular formula is C15H20N2O3S. The number of aryl methyl sites for hydroxylation is 1. The standard InChI is InChI=1S/C15H20N2O3S/c1-11-8-14(7-6-12(11)9-16)21(19,20)17-10-13-4-2-3-5-15(13)18/h6-8,13,15,17-18H,2-5,10H2,1H3. The number of sulfonamides is 1. The Morgan fingerprint density at radius 2 is 2.10 bits per heavy atom. The van der Waals surface area contributed by atoms with Crippen LogP contribution in [0.4, 0.5) is 0 Å². The fraction of sp³-hybridized carbons (Fsp3) is 0.533. The molecule has 2 unspecified atom stereocenters. The van der Waals surface area contributed by atoms with Gasteiger partial charge < -0.3 is 5.11 Å². The molecule has 2 N–H and O–H groups in total. The number of nitrogens with zero attached hydrogens (tertiary/aromatic N) is 1. The van der Waals surface area contributed by atoms with Crippen LogP contribution in [0.5, 0.6) is 0 Å².